The molecule has 21 heavy (non-hydrogen) atoms. The third-order valence-corrected chi connectivity index (χ3v) is 3.87. The molecule has 6 nitrogen and oxygen atoms in total. The highest BCUT2D eigenvalue weighted by Crippen LogP contribution is 2.24. The molecule has 1 aromatic rings. The quantitative estimate of drug-likeness (QED) is 0.632. The van der Waals surface area contributed by atoms with Gasteiger partial charge in [0.05, 0.1) is 23.2 Å². The van der Waals surface area contributed by atoms with E-state index in [4.69, 9.17) is 26.2 Å². The van der Waals surface area contributed by atoms with Gasteiger partial charge in [-0.1, -0.05) is 11.6 Å². The van der Waals surface area contributed by atoms with Crippen molar-refractivity contribution in [3.63, 3.8) is 0 Å². The maximum atomic E-state index is 12.0. The van der Waals surface area contributed by atoms with Gasteiger partial charge in [-0.2, -0.15) is 0 Å². The first-order chi connectivity index (χ1) is 9.62. The van der Waals surface area contributed by atoms with Gasteiger partial charge in [-0.25, -0.2) is 18.4 Å². The van der Waals surface area contributed by atoms with Gasteiger partial charge >= 0.3 is 5.97 Å². The molecule has 0 saturated heterocycles. The SMILES string of the molecule is Cc1c(C(=O)OCCOC(C)C)cc(Cl)cc1S(N)(=O)=O. The van der Waals surface area contributed by atoms with Gasteiger partial charge in [0.15, 0.2) is 0 Å². The minimum absolute atomic E-state index is 0.0330. The molecule has 0 aromatic heterocycles. The molecule has 1 aromatic carbocycles. The Morgan fingerprint density at radius 2 is 1.95 bits per heavy atom. The zero-order valence-corrected chi connectivity index (χ0v) is 13.6. The van der Waals surface area contributed by atoms with Gasteiger partial charge in [0, 0.05) is 5.02 Å². The molecule has 0 fully saturated rings. The standard InChI is InChI=1S/C13H18ClNO5S/c1-8(2)19-4-5-20-13(16)11-6-10(14)7-12(9(11)3)21(15,17)18/h6-8H,4-5H2,1-3H3,(H2,15,17,18). The Kier molecular flexibility index (Phi) is 6.15. The Labute approximate surface area is 129 Å². The fraction of sp³-hybridized carbons (Fsp3) is 0.462. The zero-order chi connectivity index (χ0) is 16.2. The highest BCUT2D eigenvalue weighted by Gasteiger charge is 2.20. The molecule has 118 valence electrons. The van der Waals surface area contributed by atoms with Crippen molar-refractivity contribution in [3.05, 3.63) is 28.3 Å². The number of carbonyl (C=O) groups is 1. The Morgan fingerprint density at radius 3 is 2.48 bits per heavy atom. The summed E-state index contributed by atoms with van der Waals surface area (Å²) in [6, 6.07) is 2.54. The van der Waals surface area contributed by atoms with Crippen molar-refractivity contribution >= 4 is 27.6 Å². The predicted octanol–water partition coefficient (Wildman–Crippen LogP) is 1.88. The lowest BCUT2D eigenvalue weighted by Crippen LogP contribution is -2.18. The number of nitrogens with two attached hydrogens (primary N) is 1. The van der Waals surface area contributed by atoms with Gasteiger partial charge in [0.2, 0.25) is 10.0 Å². The molecule has 0 spiro atoms. The Balaban J connectivity index is 2.93. The van der Waals surface area contributed by atoms with Crippen molar-refractivity contribution in [2.24, 2.45) is 5.14 Å². The monoisotopic (exact) mass is 335 g/mol. The van der Waals surface area contributed by atoms with Crippen LogP contribution in [-0.2, 0) is 19.5 Å². The molecule has 0 radical (unpaired) electrons. The highest BCUT2D eigenvalue weighted by atomic mass is 35.5. The van der Waals surface area contributed by atoms with Crippen molar-refractivity contribution in [1.82, 2.24) is 0 Å². The van der Waals surface area contributed by atoms with Crippen LogP contribution in [0.5, 0.6) is 0 Å². The highest BCUT2D eigenvalue weighted by molar-refractivity contribution is 7.89. The molecule has 0 saturated carbocycles. The lowest BCUT2D eigenvalue weighted by atomic mass is 10.1. The number of primary sulfonamides is 1. The van der Waals surface area contributed by atoms with E-state index in [0.717, 1.165) is 0 Å². The number of rotatable bonds is 6. The van der Waals surface area contributed by atoms with Crippen LogP contribution < -0.4 is 5.14 Å². The molecule has 0 atom stereocenters. The summed E-state index contributed by atoms with van der Waals surface area (Å²) in [6.07, 6.45) is 0.0330. The van der Waals surface area contributed by atoms with Crippen molar-refractivity contribution in [2.45, 2.75) is 31.8 Å². The summed E-state index contributed by atoms with van der Waals surface area (Å²) in [5.74, 6) is -0.674. The van der Waals surface area contributed by atoms with Crippen molar-refractivity contribution < 1.29 is 22.7 Å². The number of ether oxygens (including phenoxy) is 2. The number of halogens is 1. The largest absolute Gasteiger partial charge is 0.460 e. The number of hydrogen-bond donors (Lipinski definition) is 1. The fourth-order valence-electron chi connectivity index (χ4n) is 1.66. The first-order valence-electron chi connectivity index (χ1n) is 6.24. The third-order valence-electron chi connectivity index (χ3n) is 2.62. The van der Waals surface area contributed by atoms with Crippen LogP contribution >= 0.6 is 11.6 Å². The number of esters is 1. The number of carbonyl (C=O) groups excluding carboxylic acids is 1. The number of hydrogen-bond acceptors (Lipinski definition) is 5. The maximum absolute atomic E-state index is 12.0. The van der Waals surface area contributed by atoms with Gasteiger partial charge < -0.3 is 9.47 Å². The molecule has 0 aliphatic carbocycles. The van der Waals surface area contributed by atoms with Crippen LogP contribution in [0.15, 0.2) is 17.0 Å². The topological polar surface area (TPSA) is 95.7 Å². The van der Waals surface area contributed by atoms with E-state index in [1.807, 2.05) is 13.8 Å². The molecular weight excluding hydrogens is 318 g/mol. The van der Waals surface area contributed by atoms with E-state index in [1.54, 1.807) is 0 Å². The summed E-state index contributed by atoms with van der Waals surface area (Å²) in [7, 11) is -3.97. The minimum atomic E-state index is -3.97. The van der Waals surface area contributed by atoms with Gasteiger partial charge in [-0.3, -0.25) is 0 Å². The number of benzene rings is 1. The van der Waals surface area contributed by atoms with E-state index in [0.29, 0.717) is 0 Å². The second kappa shape index (κ2) is 7.22. The van der Waals surface area contributed by atoms with Gasteiger partial charge in [-0.15, -0.1) is 0 Å². The van der Waals surface area contributed by atoms with Crippen molar-refractivity contribution in [3.8, 4) is 0 Å². The van der Waals surface area contributed by atoms with E-state index < -0.39 is 16.0 Å². The second-order valence-corrected chi connectivity index (χ2v) is 6.64. The van der Waals surface area contributed by atoms with E-state index in [2.05, 4.69) is 0 Å². The number of sulfonamides is 1. The van der Waals surface area contributed by atoms with E-state index in [1.165, 1.54) is 19.1 Å². The lowest BCUT2D eigenvalue weighted by molar-refractivity contribution is 0.0176. The lowest BCUT2D eigenvalue weighted by Gasteiger charge is -2.12. The average Bonchev–Trinajstić information content (AvgIpc) is 2.35. The fourth-order valence-corrected chi connectivity index (χ4v) is 2.77. The molecule has 8 heteroatoms. The Morgan fingerprint density at radius 1 is 1.33 bits per heavy atom. The normalized spacial score (nSPS) is 11.7. The van der Waals surface area contributed by atoms with Crippen LogP contribution in [0.4, 0.5) is 0 Å². The molecular formula is C13H18ClNO5S. The minimum Gasteiger partial charge on any atom is -0.460 e. The average molecular weight is 336 g/mol. The van der Waals surface area contributed by atoms with Crippen LogP contribution in [0.1, 0.15) is 29.8 Å². The Bertz CT molecular complexity index is 628. The summed E-state index contributed by atoms with van der Waals surface area (Å²) < 4.78 is 33.2. The van der Waals surface area contributed by atoms with Crippen LogP contribution in [-0.4, -0.2) is 33.7 Å². The van der Waals surface area contributed by atoms with Crippen LogP contribution in [0.2, 0.25) is 5.02 Å². The molecule has 0 aliphatic heterocycles. The summed E-state index contributed by atoms with van der Waals surface area (Å²) in [5, 5.41) is 5.18. The third kappa shape index (κ3) is 5.28. The zero-order valence-electron chi connectivity index (χ0n) is 12.1. The van der Waals surface area contributed by atoms with Crippen LogP contribution in [0.25, 0.3) is 0 Å². The maximum Gasteiger partial charge on any atom is 0.338 e. The van der Waals surface area contributed by atoms with E-state index >= 15 is 0 Å². The van der Waals surface area contributed by atoms with E-state index in [-0.39, 0.29) is 40.4 Å². The van der Waals surface area contributed by atoms with Crippen molar-refractivity contribution in [2.75, 3.05) is 13.2 Å². The smallest absolute Gasteiger partial charge is 0.338 e. The van der Waals surface area contributed by atoms with Crippen LogP contribution in [0, 0.1) is 6.92 Å². The summed E-state index contributed by atoms with van der Waals surface area (Å²) in [4.78, 5) is 11.8. The Hall–Kier alpha value is -1.15. The summed E-state index contributed by atoms with van der Waals surface area (Å²) in [6.45, 7) is 5.51. The predicted molar refractivity (Wildman–Crippen MR) is 78.9 cm³/mol. The van der Waals surface area contributed by atoms with E-state index in [9.17, 15) is 13.2 Å². The molecule has 0 amide bonds. The van der Waals surface area contributed by atoms with Gasteiger partial charge in [0.1, 0.15) is 6.61 Å². The van der Waals surface area contributed by atoms with Gasteiger partial charge in [-0.05, 0) is 38.5 Å². The summed E-state index contributed by atoms with van der Waals surface area (Å²) >= 11 is 5.82. The first-order valence-corrected chi connectivity index (χ1v) is 8.17. The molecule has 0 unspecified atom stereocenters. The molecule has 0 aliphatic rings. The first kappa shape index (κ1) is 17.9. The molecule has 1 rings (SSSR count). The van der Waals surface area contributed by atoms with Gasteiger partial charge in [0.25, 0.3) is 0 Å². The molecule has 2 N–H and O–H groups in total. The molecule has 0 heterocycles. The van der Waals surface area contributed by atoms with Crippen molar-refractivity contribution in [1.29, 1.82) is 0 Å². The molecule has 0 bridgehead atoms. The second-order valence-electron chi connectivity index (χ2n) is 4.68. The summed E-state index contributed by atoms with van der Waals surface area (Å²) in [5.41, 5.74) is 0.271. The van der Waals surface area contributed by atoms with Crippen LogP contribution in [0.3, 0.4) is 0 Å².